The van der Waals surface area contributed by atoms with Crippen LogP contribution in [0, 0.1) is 13.8 Å². The molecule has 0 atom stereocenters. The van der Waals surface area contributed by atoms with Crippen LogP contribution >= 0.6 is 0 Å². The van der Waals surface area contributed by atoms with Gasteiger partial charge in [-0.15, -0.1) is 0 Å². The Hall–Kier alpha value is -8.86. The molecule has 2 aromatic heterocycles. The Bertz CT molecular complexity index is 3780. The molecule has 0 unspecified atom stereocenters. The second-order valence-corrected chi connectivity index (χ2v) is 17.8. The maximum Gasteiger partial charge on any atom is 0.143 e. The van der Waals surface area contributed by atoms with E-state index in [0.29, 0.717) is 0 Å². The maximum absolute atomic E-state index is 6.60. The van der Waals surface area contributed by atoms with Crippen LogP contribution in [0.1, 0.15) is 11.1 Å². The Labute approximate surface area is 394 Å². The fourth-order valence-electron chi connectivity index (χ4n) is 10.5. The third-order valence-electron chi connectivity index (χ3n) is 13.5. The third-order valence-corrected chi connectivity index (χ3v) is 13.5. The minimum absolute atomic E-state index is 0.889. The summed E-state index contributed by atoms with van der Waals surface area (Å²) < 4.78 is 13.2. The smallest absolute Gasteiger partial charge is 0.143 e. The number of benzene rings is 11. The Morgan fingerprint density at radius 1 is 0.279 bits per heavy atom. The normalized spacial score (nSPS) is 11.7. The summed E-state index contributed by atoms with van der Waals surface area (Å²) in [5.41, 5.74) is 16.7. The van der Waals surface area contributed by atoms with Crippen molar-refractivity contribution in [2.75, 3.05) is 9.80 Å². The molecule has 4 heteroatoms. The molecule has 322 valence electrons. The molecule has 0 amide bonds. The summed E-state index contributed by atoms with van der Waals surface area (Å²) in [5, 5.41) is 9.00. The number of aryl methyl sites for hydroxylation is 2. The van der Waals surface area contributed by atoms with Crippen molar-refractivity contribution in [2.24, 2.45) is 0 Å². The summed E-state index contributed by atoms with van der Waals surface area (Å²) in [5.74, 6) is 0. The standard InChI is InChI=1S/C64H44N2O2/c1-41-17-11-21-45(37-41)65(47-23-13-19-43(39-47)49-31-15-33-57-51-25-7-9-35-59(51)67-63(49)57)61-53-27-3-5-29-55(53)62(56-30-6-4-28-54(56)61)66(46-22-12-18-42(2)38-46)48-24-14-20-44(40-48)50-32-16-34-58-52-26-8-10-36-60(52)68-64(50)58/h3-40H,1-2H3. The average Bonchev–Trinajstić information content (AvgIpc) is 3.96. The average molecular weight is 873 g/mol. The molecule has 0 N–H and O–H groups in total. The first-order valence-electron chi connectivity index (χ1n) is 23.2. The van der Waals surface area contributed by atoms with Crippen molar-refractivity contribution in [3.8, 4) is 22.3 Å². The third kappa shape index (κ3) is 6.45. The number of para-hydroxylation sites is 4. The van der Waals surface area contributed by atoms with Crippen LogP contribution in [-0.4, -0.2) is 0 Å². The Morgan fingerprint density at radius 2 is 0.603 bits per heavy atom. The monoisotopic (exact) mass is 872 g/mol. The Kier molecular flexibility index (Phi) is 9.26. The van der Waals surface area contributed by atoms with E-state index in [2.05, 4.69) is 242 Å². The number of anilines is 6. The van der Waals surface area contributed by atoms with Gasteiger partial charge in [-0.3, -0.25) is 0 Å². The summed E-state index contributed by atoms with van der Waals surface area (Å²) in [6, 6.07) is 82.9. The summed E-state index contributed by atoms with van der Waals surface area (Å²) in [7, 11) is 0. The quantitative estimate of drug-likeness (QED) is 0.112. The van der Waals surface area contributed by atoms with Crippen LogP contribution in [0.3, 0.4) is 0 Å². The molecule has 11 aromatic carbocycles. The van der Waals surface area contributed by atoms with Gasteiger partial charge in [-0.05, 0) is 96.8 Å². The van der Waals surface area contributed by atoms with Crippen molar-refractivity contribution in [3.63, 3.8) is 0 Å². The lowest BCUT2D eigenvalue weighted by molar-refractivity contribution is 0.669. The van der Waals surface area contributed by atoms with Gasteiger partial charge in [-0.1, -0.05) is 170 Å². The van der Waals surface area contributed by atoms with Gasteiger partial charge in [0.2, 0.25) is 0 Å². The Morgan fingerprint density at radius 3 is 1.00 bits per heavy atom. The number of fused-ring (bicyclic) bond motifs is 8. The largest absolute Gasteiger partial charge is 0.455 e. The molecule has 13 rings (SSSR count). The highest BCUT2D eigenvalue weighted by Crippen LogP contribution is 2.52. The lowest BCUT2D eigenvalue weighted by Crippen LogP contribution is -2.15. The van der Waals surface area contributed by atoms with E-state index in [1.165, 1.54) is 11.1 Å². The van der Waals surface area contributed by atoms with E-state index in [4.69, 9.17) is 8.83 Å². The summed E-state index contributed by atoms with van der Waals surface area (Å²) in [4.78, 5) is 4.91. The first-order chi connectivity index (χ1) is 33.6. The number of hydrogen-bond acceptors (Lipinski definition) is 4. The van der Waals surface area contributed by atoms with E-state index in [1.54, 1.807) is 0 Å². The predicted octanol–water partition coefficient (Wildman–Crippen LogP) is 18.7. The molecule has 0 radical (unpaired) electrons. The zero-order valence-electron chi connectivity index (χ0n) is 37.7. The molecule has 4 nitrogen and oxygen atoms in total. The van der Waals surface area contributed by atoms with Gasteiger partial charge in [-0.25, -0.2) is 0 Å². The molecule has 0 aliphatic carbocycles. The second-order valence-electron chi connectivity index (χ2n) is 17.8. The van der Waals surface area contributed by atoms with Gasteiger partial charge < -0.3 is 18.6 Å². The highest BCUT2D eigenvalue weighted by molar-refractivity contribution is 6.23. The Balaban J connectivity index is 1.05. The summed E-state index contributed by atoms with van der Waals surface area (Å²) in [6.45, 7) is 4.34. The predicted molar refractivity (Wildman–Crippen MR) is 286 cm³/mol. The second kappa shape index (κ2) is 15.9. The van der Waals surface area contributed by atoms with Gasteiger partial charge in [0.15, 0.2) is 0 Å². The lowest BCUT2D eigenvalue weighted by Gasteiger charge is -2.33. The number of rotatable bonds is 8. The van der Waals surface area contributed by atoms with Crippen LogP contribution in [0.25, 0.3) is 87.7 Å². The van der Waals surface area contributed by atoms with Crippen molar-refractivity contribution in [1.82, 2.24) is 0 Å². The minimum atomic E-state index is 0.889. The highest BCUT2D eigenvalue weighted by atomic mass is 16.3. The van der Waals surface area contributed by atoms with Gasteiger partial charge in [-0.2, -0.15) is 0 Å². The fraction of sp³-hybridized carbons (Fsp3) is 0.0312. The van der Waals surface area contributed by atoms with E-state index in [9.17, 15) is 0 Å². The SMILES string of the molecule is Cc1cccc(N(c2cccc(-c3cccc4c3oc3ccccc34)c2)c2c3ccccc3c(N(c3cccc(C)c3)c3cccc(-c4cccc5c4oc4ccccc45)c3)c3ccccc23)c1. The van der Waals surface area contributed by atoms with Crippen LogP contribution in [0.2, 0.25) is 0 Å². The first-order valence-corrected chi connectivity index (χ1v) is 23.2. The van der Waals surface area contributed by atoms with E-state index in [1.807, 2.05) is 12.1 Å². The van der Waals surface area contributed by atoms with Crippen LogP contribution < -0.4 is 9.80 Å². The summed E-state index contributed by atoms with van der Waals surface area (Å²) in [6.07, 6.45) is 0. The zero-order chi connectivity index (χ0) is 45.3. The highest BCUT2D eigenvalue weighted by Gasteiger charge is 2.26. The van der Waals surface area contributed by atoms with E-state index in [-0.39, 0.29) is 0 Å². The van der Waals surface area contributed by atoms with Crippen LogP contribution in [0.4, 0.5) is 34.1 Å². The molecule has 0 saturated heterocycles. The number of furan rings is 2. The fourth-order valence-corrected chi connectivity index (χ4v) is 10.5. The van der Waals surface area contributed by atoms with Gasteiger partial charge in [0.1, 0.15) is 22.3 Å². The molecule has 0 bridgehead atoms. The summed E-state index contributed by atoms with van der Waals surface area (Å²) >= 11 is 0. The van der Waals surface area contributed by atoms with Crippen LogP contribution in [-0.2, 0) is 0 Å². The van der Waals surface area contributed by atoms with Gasteiger partial charge in [0.05, 0.1) is 11.4 Å². The molecular formula is C64H44N2O2. The van der Waals surface area contributed by atoms with Crippen molar-refractivity contribution < 1.29 is 8.83 Å². The molecule has 0 aliphatic rings. The van der Waals surface area contributed by atoms with Crippen molar-refractivity contribution in [3.05, 3.63) is 242 Å². The topological polar surface area (TPSA) is 32.8 Å². The van der Waals surface area contributed by atoms with Crippen molar-refractivity contribution in [1.29, 1.82) is 0 Å². The van der Waals surface area contributed by atoms with Crippen molar-refractivity contribution >= 4 is 99.5 Å². The van der Waals surface area contributed by atoms with Gasteiger partial charge in [0, 0.05) is 77.0 Å². The van der Waals surface area contributed by atoms with E-state index < -0.39 is 0 Å². The van der Waals surface area contributed by atoms with Gasteiger partial charge in [0.25, 0.3) is 0 Å². The molecule has 0 aliphatic heterocycles. The molecule has 0 saturated carbocycles. The number of nitrogens with zero attached hydrogens (tertiary/aromatic N) is 2. The molecule has 68 heavy (non-hydrogen) atoms. The van der Waals surface area contributed by atoms with E-state index in [0.717, 1.165) is 122 Å². The number of hydrogen-bond donors (Lipinski definition) is 0. The maximum atomic E-state index is 6.60. The zero-order valence-corrected chi connectivity index (χ0v) is 37.7. The van der Waals surface area contributed by atoms with E-state index >= 15 is 0 Å². The van der Waals surface area contributed by atoms with Crippen LogP contribution in [0.15, 0.2) is 239 Å². The van der Waals surface area contributed by atoms with Crippen LogP contribution in [0.5, 0.6) is 0 Å². The lowest BCUT2D eigenvalue weighted by atomic mass is 9.94. The minimum Gasteiger partial charge on any atom is -0.455 e. The molecular weight excluding hydrogens is 829 g/mol. The molecule has 0 spiro atoms. The van der Waals surface area contributed by atoms with Gasteiger partial charge >= 0.3 is 0 Å². The van der Waals surface area contributed by atoms with Crippen molar-refractivity contribution in [2.45, 2.75) is 13.8 Å². The molecule has 2 heterocycles. The first kappa shape index (κ1) is 39.5. The molecule has 0 fully saturated rings. The molecule has 13 aromatic rings.